The predicted octanol–water partition coefficient (Wildman–Crippen LogP) is 3.11. The fraction of sp³-hybridized carbons (Fsp3) is 0.227. The molecule has 2 amide bonds. The van der Waals surface area contributed by atoms with E-state index in [-0.39, 0.29) is 29.2 Å². The van der Waals surface area contributed by atoms with E-state index >= 15 is 0 Å². The minimum atomic E-state index is -4.62. The first-order chi connectivity index (χ1) is 15.9. The van der Waals surface area contributed by atoms with Gasteiger partial charge in [0.2, 0.25) is 0 Å². The average molecular weight is 479 g/mol. The molecule has 0 aliphatic carbocycles. The van der Waals surface area contributed by atoms with Crippen molar-refractivity contribution in [3.63, 3.8) is 0 Å². The molecule has 1 aromatic heterocycles. The van der Waals surface area contributed by atoms with E-state index in [1.54, 1.807) is 12.1 Å². The number of hydrogen-bond donors (Lipinski definition) is 3. The molecule has 3 rings (SSSR count). The Labute approximate surface area is 191 Å². The number of methoxy groups -OCH3 is 1. The summed E-state index contributed by atoms with van der Waals surface area (Å²) in [6.07, 6.45) is -4.62. The van der Waals surface area contributed by atoms with Crippen LogP contribution in [0.2, 0.25) is 0 Å². The maximum absolute atomic E-state index is 13.5. The summed E-state index contributed by atoms with van der Waals surface area (Å²) in [6.45, 7) is 0.933. The van der Waals surface area contributed by atoms with Crippen LogP contribution in [0.3, 0.4) is 0 Å². The molecule has 12 heteroatoms. The molecule has 34 heavy (non-hydrogen) atoms. The minimum absolute atomic E-state index is 0.0185. The van der Waals surface area contributed by atoms with Gasteiger partial charge in [-0.15, -0.1) is 0 Å². The fourth-order valence-corrected chi connectivity index (χ4v) is 3.25. The van der Waals surface area contributed by atoms with Crippen molar-refractivity contribution in [3.8, 4) is 17.0 Å². The maximum Gasteiger partial charge on any atom is 0.398 e. The zero-order chi connectivity index (χ0) is 25.2. The summed E-state index contributed by atoms with van der Waals surface area (Å²) in [6, 6.07) is 9.70. The van der Waals surface area contributed by atoms with E-state index in [0.29, 0.717) is 15.8 Å². The Morgan fingerprint density at radius 1 is 1.18 bits per heavy atom. The molecule has 0 saturated heterocycles. The SMILES string of the molecule is COc1ccc(F)cc1C(=O)NCc1ccc(-c2nc(C(C)C(F)(F)F)n(N)c2C(N)=O)cc1. The third-order valence-electron chi connectivity index (χ3n) is 5.14. The summed E-state index contributed by atoms with van der Waals surface area (Å²) in [5, 5.41) is 2.63. The van der Waals surface area contributed by atoms with Gasteiger partial charge in [0.15, 0.2) is 5.69 Å². The molecule has 0 aliphatic rings. The number of ether oxygens (including phenoxy) is 1. The van der Waals surface area contributed by atoms with E-state index < -0.39 is 35.6 Å². The van der Waals surface area contributed by atoms with Crippen molar-refractivity contribution >= 4 is 11.8 Å². The summed E-state index contributed by atoms with van der Waals surface area (Å²) in [5.41, 5.74) is 5.80. The Hall–Kier alpha value is -4.09. The Kier molecular flexibility index (Phi) is 6.80. The van der Waals surface area contributed by atoms with Gasteiger partial charge in [0.05, 0.1) is 12.7 Å². The van der Waals surface area contributed by atoms with Crippen LogP contribution in [0.1, 0.15) is 45.1 Å². The monoisotopic (exact) mass is 479 g/mol. The second-order valence-electron chi connectivity index (χ2n) is 7.39. The number of nitrogen functional groups attached to an aromatic ring is 1. The largest absolute Gasteiger partial charge is 0.496 e. The van der Waals surface area contributed by atoms with Crippen LogP contribution in [-0.2, 0) is 6.54 Å². The quantitative estimate of drug-likeness (QED) is 0.355. The Bertz CT molecular complexity index is 1220. The lowest BCUT2D eigenvalue weighted by Crippen LogP contribution is -2.28. The molecule has 0 spiro atoms. The van der Waals surface area contributed by atoms with Crippen LogP contribution in [0.25, 0.3) is 11.3 Å². The highest BCUT2D eigenvalue weighted by Crippen LogP contribution is 2.35. The summed E-state index contributed by atoms with van der Waals surface area (Å²) in [5.74, 6) is 1.13. The van der Waals surface area contributed by atoms with Crippen molar-refractivity contribution in [3.05, 3.63) is 70.9 Å². The molecule has 1 heterocycles. The van der Waals surface area contributed by atoms with Gasteiger partial charge in [-0.1, -0.05) is 24.3 Å². The number of nitrogens with zero attached hydrogens (tertiary/aromatic N) is 2. The average Bonchev–Trinajstić information content (AvgIpc) is 3.13. The Morgan fingerprint density at radius 2 is 1.82 bits per heavy atom. The molecule has 180 valence electrons. The van der Waals surface area contributed by atoms with E-state index in [4.69, 9.17) is 16.3 Å². The third-order valence-corrected chi connectivity index (χ3v) is 5.14. The van der Waals surface area contributed by atoms with E-state index in [1.807, 2.05) is 0 Å². The highest BCUT2D eigenvalue weighted by Gasteiger charge is 2.41. The minimum Gasteiger partial charge on any atom is -0.496 e. The van der Waals surface area contributed by atoms with Crippen LogP contribution in [-0.4, -0.2) is 34.8 Å². The molecule has 1 atom stereocenters. The molecule has 5 N–H and O–H groups in total. The highest BCUT2D eigenvalue weighted by atomic mass is 19.4. The first-order valence-electron chi connectivity index (χ1n) is 9.89. The molecule has 1 unspecified atom stereocenters. The highest BCUT2D eigenvalue weighted by molar-refractivity contribution is 5.98. The first-order valence-corrected chi connectivity index (χ1v) is 9.89. The standard InChI is InChI=1S/C22H21F4N5O3/c1-11(22(24,25)26)20-30-17(18(19(27)32)31(20)28)13-5-3-12(4-6-13)10-29-21(33)15-9-14(23)7-8-16(15)34-2/h3-9,11H,10,28H2,1-2H3,(H2,27,32)(H,29,33). The summed E-state index contributed by atoms with van der Waals surface area (Å²) in [7, 11) is 1.35. The number of alkyl halides is 3. The lowest BCUT2D eigenvalue weighted by molar-refractivity contribution is -0.148. The number of carbonyl (C=O) groups excluding carboxylic acids is 2. The lowest BCUT2D eigenvalue weighted by Gasteiger charge is -2.14. The smallest absolute Gasteiger partial charge is 0.398 e. The predicted molar refractivity (Wildman–Crippen MR) is 115 cm³/mol. The summed E-state index contributed by atoms with van der Waals surface area (Å²) >= 11 is 0. The summed E-state index contributed by atoms with van der Waals surface area (Å²) in [4.78, 5) is 28.2. The van der Waals surface area contributed by atoms with Crippen molar-refractivity contribution in [2.45, 2.75) is 25.6 Å². The Balaban J connectivity index is 1.83. The zero-order valence-electron chi connectivity index (χ0n) is 18.1. The molecule has 2 aromatic carbocycles. The van der Waals surface area contributed by atoms with Gasteiger partial charge in [-0.05, 0) is 30.7 Å². The van der Waals surface area contributed by atoms with E-state index in [0.717, 1.165) is 19.1 Å². The molecule has 0 bridgehead atoms. The molecule has 8 nitrogen and oxygen atoms in total. The number of hydrogen-bond acceptors (Lipinski definition) is 5. The van der Waals surface area contributed by atoms with Gasteiger partial charge < -0.3 is 21.6 Å². The van der Waals surface area contributed by atoms with Crippen LogP contribution >= 0.6 is 0 Å². The van der Waals surface area contributed by atoms with Gasteiger partial charge >= 0.3 is 6.18 Å². The molecular formula is C22H21F4N5O3. The molecule has 0 fully saturated rings. The van der Waals surface area contributed by atoms with Crippen LogP contribution in [0.15, 0.2) is 42.5 Å². The number of nitrogens with one attached hydrogen (secondary N) is 1. The van der Waals surface area contributed by atoms with Crippen molar-refractivity contribution in [1.29, 1.82) is 0 Å². The number of benzene rings is 2. The second kappa shape index (κ2) is 9.41. The maximum atomic E-state index is 13.5. The number of primary amides is 1. The fourth-order valence-electron chi connectivity index (χ4n) is 3.25. The number of imidazole rings is 1. The molecule has 0 saturated carbocycles. The Morgan fingerprint density at radius 3 is 2.38 bits per heavy atom. The van der Waals surface area contributed by atoms with Gasteiger partial charge in [0.25, 0.3) is 11.8 Å². The van der Waals surface area contributed by atoms with Crippen LogP contribution in [0.4, 0.5) is 17.6 Å². The zero-order valence-corrected chi connectivity index (χ0v) is 18.1. The van der Waals surface area contributed by atoms with Crippen molar-refractivity contribution in [1.82, 2.24) is 15.0 Å². The van der Waals surface area contributed by atoms with Crippen molar-refractivity contribution < 1.29 is 31.9 Å². The first kappa shape index (κ1) is 24.6. The number of amides is 2. The number of halogens is 4. The number of aromatic nitrogens is 2. The van der Waals surface area contributed by atoms with Gasteiger partial charge in [0, 0.05) is 12.1 Å². The second-order valence-corrected chi connectivity index (χ2v) is 7.39. The molecule has 0 aliphatic heterocycles. The lowest BCUT2D eigenvalue weighted by atomic mass is 10.1. The van der Waals surface area contributed by atoms with Gasteiger partial charge in [-0.25, -0.2) is 14.1 Å². The number of rotatable bonds is 7. The van der Waals surface area contributed by atoms with Gasteiger partial charge in [0.1, 0.15) is 29.0 Å². The topological polar surface area (TPSA) is 125 Å². The van der Waals surface area contributed by atoms with E-state index in [2.05, 4.69) is 10.3 Å². The van der Waals surface area contributed by atoms with Gasteiger partial charge in [-0.2, -0.15) is 13.2 Å². The molecular weight excluding hydrogens is 458 g/mol. The van der Waals surface area contributed by atoms with Crippen molar-refractivity contribution in [2.75, 3.05) is 13.0 Å². The summed E-state index contributed by atoms with van der Waals surface area (Å²) < 4.78 is 58.6. The van der Waals surface area contributed by atoms with E-state index in [1.165, 1.54) is 25.3 Å². The van der Waals surface area contributed by atoms with Gasteiger partial charge in [-0.3, -0.25) is 9.59 Å². The van der Waals surface area contributed by atoms with Crippen LogP contribution in [0, 0.1) is 5.82 Å². The van der Waals surface area contributed by atoms with Crippen molar-refractivity contribution in [2.24, 2.45) is 5.73 Å². The molecule has 3 aromatic rings. The van der Waals surface area contributed by atoms with Crippen LogP contribution in [0.5, 0.6) is 5.75 Å². The number of carbonyl (C=O) groups is 2. The normalized spacial score (nSPS) is 12.3. The third kappa shape index (κ3) is 4.95. The van der Waals surface area contributed by atoms with E-state index in [9.17, 15) is 27.2 Å². The van der Waals surface area contributed by atoms with Crippen LogP contribution < -0.4 is 21.6 Å². The number of nitrogens with two attached hydrogens (primary N) is 2. The molecule has 0 radical (unpaired) electrons.